The zero-order valence-electron chi connectivity index (χ0n) is 12.5. The lowest BCUT2D eigenvalue weighted by Gasteiger charge is -2.14. The summed E-state index contributed by atoms with van der Waals surface area (Å²) in [5.74, 6) is -0.192. The summed E-state index contributed by atoms with van der Waals surface area (Å²) in [7, 11) is 0. The van der Waals surface area contributed by atoms with Crippen LogP contribution in [-0.4, -0.2) is 10.9 Å². The first-order valence-electron chi connectivity index (χ1n) is 7.31. The summed E-state index contributed by atoms with van der Waals surface area (Å²) >= 11 is 3.52. The molecule has 0 aliphatic carbocycles. The molecule has 3 rings (SSSR count). The number of rotatable bonds is 3. The molecule has 0 atom stereocenters. The number of hydrogen-bond acceptors (Lipinski definition) is 2. The van der Waals surface area contributed by atoms with Gasteiger partial charge >= 0.3 is 0 Å². The highest BCUT2D eigenvalue weighted by atomic mass is 79.9. The highest BCUT2D eigenvalue weighted by molar-refractivity contribution is 9.10. The molecule has 5 heteroatoms. The number of aromatic amines is 1. The molecule has 0 unspecified atom stereocenters. The molecule has 23 heavy (non-hydrogen) atoms. The largest absolute Gasteiger partial charge is 0.322 e. The summed E-state index contributed by atoms with van der Waals surface area (Å²) in [4.78, 5) is 26.9. The van der Waals surface area contributed by atoms with E-state index in [4.69, 9.17) is 0 Å². The first kappa shape index (κ1) is 15.5. The summed E-state index contributed by atoms with van der Waals surface area (Å²) in [6.45, 7) is 2.02. The molecule has 0 radical (unpaired) electrons. The van der Waals surface area contributed by atoms with Gasteiger partial charge in [0, 0.05) is 21.5 Å². The van der Waals surface area contributed by atoms with E-state index in [9.17, 15) is 9.59 Å². The maximum atomic E-state index is 12.4. The van der Waals surface area contributed by atoms with Gasteiger partial charge in [-0.05, 0) is 52.2 Å². The smallest absolute Gasteiger partial charge is 0.255 e. The lowest BCUT2D eigenvalue weighted by Crippen LogP contribution is -2.14. The van der Waals surface area contributed by atoms with Crippen LogP contribution in [0.1, 0.15) is 22.8 Å². The Kier molecular flexibility index (Phi) is 4.30. The summed E-state index contributed by atoms with van der Waals surface area (Å²) in [6, 6.07) is 14.1. The molecule has 2 N–H and O–H groups in total. The lowest BCUT2D eigenvalue weighted by atomic mass is 10.1. The quantitative estimate of drug-likeness (QED) is 0.728. The Morgan fingerprint density at radius 3 is 2.61 bits per heavy atom. The minimum absolute atomic E-state index is 0.158. The third-order valence-corrected chi connectivity index (χ3v) is 4.33. The van der Waals surface area contributed by atoms with Crippen LogP contribution in [0.25, 0.3) is 10.9 Å². The van der Waals surface area contributed by atoms with Crippen LogP contribution in [0.15, 0.2) is 57.8 Å². The Morgan fingerprint density at radius 1 is 1.17 bits per heavy atom. The van der Waals surface area contributed by atoms with Gasteiger partial charge in [-0.15, -0.1) is 0 Å². The number of aryl methyl sites for hydroxylation is 1. The summed E-state index contributed by atoms with van der Waals surface area (Å²) in [5, 5.41) is 3.74. The van der Waals surface area contributed by atoms with Gasteiger partial charge in [0.15, 0.2) is 0 Å². The molecule has 1 amide bonds. The summed E-state index contributed by atoms with van der Waals surface area (Å²) in [6.07, 6.45) is 0.780. The van der Waals surface area contributed by atoms with E-state index in [0.717, 1.165) is 27.4 Å². The number of carbonyl (C=O) groups is 1. The van der Waals surface area contributed by atoms with Crippen molar-refractivity contribution >= 4 is 38.4 Å². The molecule has 3 aromatic rings. The average molecular weight is 371 g/mol. The molecule has 0 aliphatic heterocycles. The minimum atomic E-state index is -0.192. The molecule has 116 valence electrons. The molecule has 1 aromatic heterocycles. The fraction of sp³-hybridized carbons (Fsp3) is 0.111. The van der Waals surface area contributed by atoms with Crippen molar-refractivity contribution < 1.29 is 4.79 Å². The van der Waals surface area contributed by atoms with E-state index in [1.807, 2.05) is 31.2 Å². The van der Waals surface area contributed by atoms with Gasteiger partial charge < -0.3 is 10.3 Å². The molecular weight excluding hydrogens is 356 g/mol. The standard InChI is InChI=1S/C18H15BrN2O2/c1-2-11-10-14(19)17(13-8-9-15(22)20-16(11)13)21-18(23)12-6-4-3-5-7-12/h3-10H,2H2,1H3,(H,20,22)(H,21,23). The Bertz CT molecular complexity index is 933. The number of pyridine rings is 1. The van der Waals surface area contributed by atoms with Crippen molar-refractivity contribution in [2.24, 2.45) is 0 Å². The Morgan fingerprint density at radius 2 is 1.91 bits per heavy atom. The van der Waals surface area contributed by atoms with Gasteiger partial charge in [-0.3, -0.25) is 9.59 Å². The molecule has 2 aromatic carbocycles. The highest BCUT2D eigenvalue weighted by Gasteiger charge is 2.14. The molecular formula is C18H15BrN2O2. The number of anilines is 1. The topological polar surface area (TPSA) is 62.0 Å². The van der Waals surface area contributed by atoms with Crippen molar-refractivity contribution in [1.82, 2.24) is 4.98 Å². The van der Waals surface area contributed by atoms with Gasteiger partial charge in [-0.1, -0.05) is 25.1 Å². The number of fused-ring (bicyclic) bond motifs is 1. The fourth-order valence-corrected chi connectivity index (χ4v) is 3.13. The second kappa shape index (κ2) is 6.38. The van der Waals surface area contributed by atoms with E-state index in [2.05, 4.69) is 26.2 Å². The van der Waals surface area contributed by atoms with Gasteiger partial charge in [0.05, 0.1) is 11.2 Å². The van der Waals surface area contributed by atoms with Crippen LogP contribution in [0.4, 0.5) is 5.69 Å². The van der Waals surface area contributed by atoms with Crippen LogP contribution in [0.5, 0.6) is 0 Å². The number of benzene rings is 2. The van der Waals surface area contributed by atoms with Crippen molar-refractivity contribution in [3.8, 4) is 0 Å². The maximum absolute atomic E-state index is 12.4. The Balaban J connectivity index is 2.12. The van der Waals surface area contributed by atoms with Gasteiger partial charge in [0.1, 0.15) is 0 Å². The fourth-order valence-electron chi connectivity index (χ4n) is 2.54. The van der Waals surface area contributed by atoms with Crippen LogP contribution in [-0.2, 0) is 6.42 Å². The monoisotopic (exact) mass is 370 g/mol. The average Bonchev–Trinajstić information content (AvgIpc) is 2.57. The van der Waals surface area contributed by atoms with E-state index >= 15 is 0 Å². The third kappa shape index (κ3) is 3.05. The van der Waals surface area contributed by atoms with Crippen LogP contribution in [0.2, 0.25) is 0 Å². The Labute approximate surface area is 141 Å². The maximum Gasteiger partial charge on any atom is 0.255 e. The molecule has 0 saturated carbocycles. The predicted octanol–water partition coefficient (Wildman–Crippen LogP) is 4.11. The van der Waals surface area contributed by atoms with Crippen LogP contribution in [0.3, 0.4) is 0 Å². The normalized spacial score (nSPS) is 10.7. The number of H-pyrrole nitrogens is 1. The van der Waals surface area contributed by atoms with E-state index in [0.29, 0.717) is 11.3 Å². The van der Waals surface area contributed by atoms with Crippen molar-refractivity contribution in [3.63, 3.8) is 0 Å². The number of nitrogens with one attached hydrogen (secondary N) is 2. The molecule has 0 spiro atoms. The van der Waals surface area contributed by atoms with Gasteiger partial charge in [-0.2, -0.15) is 0 Å². The van der Waals surface area contributed by atoms with E-state index < -0.39 is 0 Å². The van der Waals surface area contributed by atoms with Gasteiger partial charge in [0.2, 0.25) is 5.56 Å². The van der Waals surface area contributed by atoms with Crippen molar-refractivity contribution in [1.29, 1.82) is 0 Å². The number of halogens is 1. The zero-order chi connectivity index (χ0) is 16.4. The molecule has 0 bridgehead atoms. The second-order valence-electron chi connectivity index (χ2n) is 5.18. The summed E-state index contributed by atoms with van der Waals surface area (Å²) < 4.78 is 0.790. The van der Waals surface area contributed by atoms with E-state index in [1.54, 1.807) is 18.2 Å². The minimum Gasteiger partial charge on any atom is -0.322 e. The molecule has 0 saturated heterocycles. The first-order chi connectivity index (χ1) is 11.1. The van der Waals surface area contributed by atoms with Crippen LogP contribution in [0, 0.1) is 0 Å². The third-order valence-electron chi connectivity index (χ3n) is 3.70. The zero-order valence-corrected chi connectivity index (χ0v) is 14.1. The van der Waals surface area contributed by atoms with E-state index in [-0.39, 0.29) is 11.5 Å². The van der Waals surface area contributed by atoms with Crippen LogP contribution >= 0.6 is 15.9 Å². The second-order valence-corrected chi connectivity index (χ2v) is 6.03. The Hall–Kier alpha value is -2.40. The number of aromatic nitrogens is 1. The van der Waals surface area contributed by atoms with E-state index in [1.165, 1.54) is 6.07 Å². The molecule has 1 heterocycles. The number of hydrogen-bond donors (Lipinski definition) is 2. The molecule has 4 nitrogen and oxygen atoms in total. The summed E-state index contributed by atoms with van der Waals surface area (Å²) in [5.41, 5.74) is 2.85. The van der Waals surface area contributed by atoms with Crippen LogP contribution < -0.4 is 10.9 Å². The lowest BCUT2D eigenvalue weighted by molar-refractivity contribution is 0.102. The number of carbonyl (C=O) groups excluding carboxylic acids is 1. The van der Waals surface area contributed by atoms with Crippen molar-refractivity contribution in [2.75, 3.05) is 5.32 Å². The molecule has 0 aliphatic rings. The SMILES string of the molecule is CCc1cc(Br)c(NC(=O)c2ccccc2)c2ccc(=O)[nH]c12. The van der Waals surface area contributed by atoms with Gasteiger partial charge in [-0.25, -0.2) is 0 Å². The highest BCUT2D eigenvalue weighted by Crippen LogP contribution is 2.33. The predicted molar refractivity (Wildman–Crippen MR) is 96.0 cm³/mol. The molecule has 0 fully saturated rings. The number of amides is 1. The van der Waals surface area contributed by atoms with Gasteiger partial charge in [0.25, 0.3) is 5.91 Å². The van der Waals surface area contributed by atoms with Crippen molar-refractivity contribution in [2.45, 2.75) is 13.3 Å². The first-order valence-corrected chi connectivity index (χ1v) is 8.10. The van der Waals surface area contributed by atoms with Crippen molar-refractivity contribution in [3.05, 3.63) is 74.5 Å².